The summed E-state index contributed by atoms with van der Waals surface area (Å²) < 4.78 is 57.9. The van der Waals surface area contributed by atoms with Crippen molar-refractivity contribution in [3.05, 3.63) is 106 Å². The van der Waals surface area contributed by atoms with Crippen molar-refractivity contribution in [3.63, 3.8) is 0 Å². The molecule has 0 saturated heterocycles. The van der Waals surface area contributed by atoms with E-state index in [0.717, 1.165) is 0 Å². The lowest BCUT2D eigenvalue weighted by atomic mass is 10.0. The van der Waals surface area contributed by atoms with Crippen molar-refractivity contribution in [2.75, 3.05) is 0 Å². The van der Waals surface area contributed by atoms with Crippen LogP contribution in [0, 0.1) is 23.3 Å². The molecule has 2 atom stereocenters. The molecule has 0 radical (unpaired) electrons. The topological polar surface area (TPSA) is 58.2 Å². The van der Waals surface area contributed by atoms with Gasteiger partial charge in [-0.2, -0.15) is 0 Å². The zero-order valence-corrected chi connectivity index (χ0v) is 17.3. The highest BCUT2D eigenvalue weighted by atomic mass is 19.2. The molecule has 166 valence electrons. The summed E-state index contributed by atoms with van der Waals surface area (Å²) in [6, 6.07) is 15.6. The first kappa shape index (κ1) is 23.0. The minimum absolute atomic E-state index is 0.624. The molecule has 8 heteroatoms. The third-order valence-electron chi connectivity index (χ3n) is 5.01. The number of nitrogens with one attached hydrogen (secondary N) is 2. The number of hydrogen-bond acceptors (Lipinski definition) is 2. The summed E-state index contributed by atoms with van der Waals surface area (Å²) >= 11 is 0. The molecule has 2 unspecified atom stereocenters. The van der Waals surface area contributed by atoms with Gasteiger partial charge in [0.1, 0.15) is 11.1 Å². The van der Waals surface area contributed by atoms with Crippen LogP contribution < -0.4 is 10.6 Å². The van der Waals surface area contributed by atoms with Crippen LogP contribution in [0.15, 0.2) is 60.7 Å². The highest BCUT2D eigenvalue weighted by molar-refractivity contribution is 6.01. The van der Waals surface area contributed by atoms with E-state index in [1.54, 1.807) is 74.5 Å². The molecule has 3 aromatic rings. The van der Waals surface area contributed by atoms with E-state index in [1.165, 1.54) is 0 Å². The maximum Gasteiger partial charge on any atom is 0.257 e. The van der Waals surface area contributed by atoms with Crippen molar-refractivity contribution in [2.45, 2.75) is 25.9 Å². The summed E-state index contributed by atoms with van der Waals surface area (Å²) in [4.78, 5) is 25.1. The monoisotopic (exact) mass is 444 g/mol. The van der Waals surface area contributed by atoms with Crippen LogP contribution in [0.25, 0.3) is 0 Å². The Morgan fingerprint density at radius 1 is 0.594 bits per heavy atom. The molecule has 0 bridgehead atoms. The minimum Gasteiger partial charge on any atom is -0.345 e. The number of halogens is 4. The fourth-order valence-electron chi connectivity index (χ4n) is 3.22. The van der Waals surface area contributed by atoms with Crippen LogP contribution in [0.4, 0.5) is 17.6 Å². The van der Waals surface area contributed by atoms with Crippen LogP contribution in [0.1, 0.15) is 57.8 Å². The van der Waals surface area contributed by atoms with Gasteiger partial charge in [0, 0.05) is 0 Å². The predicted molar refractivity (Wildman–Crippen MR) is 111 cm³/mol. The summed E-state index contributed by atoms with van der Waals surface area (Å²) in [5.74, 6) is -10.5. The molecule has 0 fully saturated rings. The Balaban J connectivity index is 1.93. The van der Waals surface area contributed by atoms with Gasteiger partial charge < -0.3 is 10.6 Å². The Morgan fingerprint density at radius 3 is 1.28 bits per heavy atom. The smallest absolute Gasteiger partial charge is 0.257 e. The lowest BCUT2D eigenvalue weighted by Crippen LogP contribution is -2.33. The first-order valence-electron chi connectivity index (χ1n) is 9.79. The molecule has 0 spiro atoms. The van der Waals surface area contributed by atoms with Crippen LogP contribution in [0.2, 0.25) is 0 Å². The van der Waals surface area contributed by atoms with Crippen LogP contribution >= 0.6 is 0 Å². The fourth-order valence-corrected chi connectivity index (χ4v) is 3.22. The van der Waals surface area contributed by atoms with Gasteiger partial charge in [0.05, 0.1) is 12.1 Å². The average molecular weight is 444 g/mol. The van der Waals surface area contributed by atoms with E-state index in [0.29, 0.717) is 11.1 Å². The third-order valence-corrected chi connectivity index (χ3v) is 5.01. The number of benzene rings is 3. The number of carbonyl (C=O) groups is 2. The molecule has 32 heavy (non-hydrogen) atoms. The van der Waals surface area contributed by atoms with E-state index >= 15 is 4.39 Å². The van der Waals surface area contributed by atoms with E-state index in [2.05, 4.69) is 10.6 Å². The Morgan fingerprint density at radius 2 is 0.938 bits per heavy atom. The lowest BCUT2D eigenvalue weighted by Gasteiger charge is -2.18. The summed E-state index contributed by atoms with van der Waals surface area (Å²) in [5.41, 5.74) is -1.49. The van der Waals surface area contributed by atoms with Gasteiger partial charge in [-0.1, -0.05) is 60.7 Å². The molecule has 2 N–H and O–H groups in total. The van der Waals surface area contributed by atoms with Crippen LogP contribution in [-0.2, 0) is 0 Å². The maximum atomic E-state index is 15.0. The molecule has 0 aliphatic carbocycles. The van der Waals surface area contributed by atoms with Gasteiger partial charge in [0.15, 0.2) is 23.3 Å². The van der Waals surface area contributed by atoms with Gasteiger partial charge in [0.25, 0.3) is 11.8 Å². The standard InChI is InChI=1S/C24H20F4N2O2/c1-13(15-9-5-3-6-10-15)29-23(31)17-19(25)18(21(27)22(28)20(17)26)24(32)30-14(2)16-11-7-4-8-12-16/h3-14H,1-2H3,(H,29,31)(H,30,32). The predicted octanol–water partition coefficient (Wildman–Crippen LogP) is 5.23. The molecular weight excluding hydrogens is 424 g/mol. The van der Waals surface area contributed by atoms with Crippen molar-refractivity contribution < 1.29 is 27.2 Å². The van der Waals surface area contributed by atoms with E-state index in [4.69, 9.17) is 0 Å². The quantitative estimate of drug-likeness (QED) is 0.311. The number of hydrogen-bond donors (Lipinski definition) is 2. The molecule has 0 heterocycles. The average Bonchev–Trinajstić information content (AvgIpc) is 2.78. The van der Waals surface area contributed by atoms with E-state index in [9.17, 15) is 22.8 Å². The summed E-state index contributed by atoms with van der Waals surface area (Å²) in [7, 11) is 0. The number of amides is 2. The van der Waals surface area contributed by atoms with Crippen LogP contribution in [0.5, 0.6) is 0 Å². The van der Waals surface area contributed by atoms with E-state index < -0.39 is 58.3 Å². The molecule has 0 saturated carbocycles. The largest absolute Gasteiger partial charge is 0.345 e. The fraction of sp³-hybridized carbons (Fsp3) is 0.167. The van der Waals surface area contributed by atoms with Crippen molar-refractivity contribution in [1.29, 1.82) is 0 Å². The number of carbonyl (C=O) groups excluding carboxylic acids is 2. The molecule has 0 aromatic heterocycles. The van der Waals surface area contributed by atoms with Gasteiger partial charge in [-0.25, -0.2) is 17.6 Å². The van der Waals surface area contributed by atoms with E-state index in [1.807, 2.05) is 0 Å². The Hall–Kier alpha value is -3.68. The van der Waals surface area contributed by atoms with Crippen molar-refractivity contribution in [1.82, 2.24) is 10.6 Å². The second kappa shape index (κ2) is 9.64. The zero-order chi connectivity index (χ0) is 23.4. The maximum absolute atomic E-state index is 15.0. The molecule has 3 aromatic carbocycles. The lowest BCUT2D eigenvalue weighted by molar-refractivity contribution is 0.0923. The highest BCUT2D eigenvalue weighted by Crippen LogP contribution is 2.26. The summed E-state index contributed by atoms with van der Waals surface area (Å²) in [5, 5.41) is 4.67. The van der Waals surface area contributed by atoms with Gasteiger partial charge in [-0.3, -0.25) is 9.59 Å². The Labute approximate surface area is 182 Å². The molecule has 4 nitrogen and oxygen atoms in total. The van der Waals surface area contributed by atoms with Crippen LogP contribution in [-0.4, -0.2) is 11.8 Å². The second-order valence-corrected chi connectivity index (χ2v) is 7.22. The van der Waals surface area contributed by atoms with Gasteiger partial charge in [0.2, 0.25) is 0 Å². The first-order chi connectivity index (χ1) is 15.2. The Kier molecular flexibility index (Phi) is 6.92. The molecule has 2 amide bonds. The Bertz CT molecular complexity index is 1050. The summed E-state index contributed by atoms with van der Waals surface area (Å²) in [6.07, 6.45) is 0. The normalized spacial score (nSPS) is 12.7. The van der Waals surface area contributed by atoms with Gasteiger partial charge in [-0.05, 0) is 25.0 Å². The zero-order valence-electron chi connectivity index (χ0n) is 17.3. The van der Waals surface area contributed by atoms with Gasteiger partial charge >= 0.3 is 0 Å². The SMILES string of the molecule is CC(NC(=O)c1c(F)c(F)c(F)c(C(=O)NC(C)c2ccccc2)c1F)c1ccccc1. The molecule has 0 aliphatic rings. The van der Waals surface area contributed by atoms with Gasteiger partial charge in [-0.15, -0.1) is 0 Å². The van der Waals surface area contributed by atoms with Crippen molar-refractivity contribution in [3.8, 4) is 0 Å². The molecule has 3 rings (SSSR count). The molecular formula is C24H20F4N2O2. The summed E-state index contributed by atoms with van der Waals surface area (Å²) in [6.45, 7) is 3.11. The van der Waals surface area contributed by atoms with E-state index in [-0.39, 0.29) is 0 Å². The molecule has 0 aliphatic heterocycles. The first-order valence-corrected chi connectivity index (χ1v) is 9.79. The minimum atomic E-state index is -2.11. The third kappa shape index (κ3) is 4.64. The van der Waals surface area contributed by atoms with Crippen molar-refractivity contribution >= 4 is 11.8 Å². The highest BCUT2D eigenvalue weighted by Gasteiger charge is 2.33. The van der Waals surface area contributed by atoms with Crippen molar-refractivity contribution in [2.24, 2.45) is 0 Å². The number of rotatable bonds is 6. The van der Waals surface area contributed by atoms with Crippen LogP contribution in [0.3, 0.4) is 0 Å². The second-order valence-electron chi connectivity index (χ2n) is 7.22.